The summed E-state index contributed by atoms with van der Waals surface area (Å²) in [6, 6.07) is 0. The number of nitrogens with zero attached hydrogens (tertiary/aromatic N) is 1. The van der Waals surface area contributed by atoms with E-state index < -0.39 is 11.1 Å². The minimum atomic E-state index is -2.12. The second-order valence-corrected chi connectivity index (χ2v) is 4.73. The number of nitrogens with two attached hydrogens (primary N) is 1. The Hall–Kier alpha value is -0.720. The molecule has 1 saturated carbocycles. The molecule has 2 aliphatic rings. The molecule has 0 aromatic heterocycles. The smallest absolute Gasteiger partial charge is 0.203 e. The van der Waals surface area contributed by atoms with Gasteiger partial charge in [-0.3, -0.25) is 4.99 Å². The van der Waals surface area contributed by atoms with E-state index in [1.165, 1.54) is 6.08 Å². The lowest BCUT2D eigenvalue weighted by Gasteiger charge is -2.43. The van der Waals surface area contributed by atoms with Gasteiger partial charge in [0.15, 0.2) is 0 Å². The molecule has 6 heteroatoms. The van der Waals surface area contributed by atoms with Crippen LogP contribution in [0.25, 0.3) is 0 Å². The molecular formula is C9H14N2O3S. The molecule has 0 radical (unpaired) electrons. The highest BCUT2D eigenvalue weighted by molar-refractivity contribution is 7.83. The van der Waals surface area contributed by atoms with Gasteiger partial charge in [0, 0.05) is 0 Å². The summed E-state index contributed by atoms with van der Waals surface area (Å²) < 4.78 is 25.2. The summed E-state index contributed by atoms with van der Waals surface area (Å²) in [4.78, 5) is 4.32. The number of aliphatic imine (C=N–C) groups is 1. The van der Waals surface area contributed by atoms with Crippen LogP contribution < -0.4 is 5.73 Å². The Morgan fingerprint density at radius 1 is 1.67 bits per heavy atom. The highest BCUT2D eigenvalue weighted by atomic mass is 32.2. The van der Waals surface area contributed by atoms with Crippen molar-refractivity contribution in [3.8, 4) is 0 Å². The van der Waals surface area contributed by atoms with Crippen LogP contribution in [0.1, 0.15) is 19.3 Å². The van der Waals surface area contributed by atoms with Crippen molar-refractivity contribution >= 4 is 16.8 Å². The third kappa shape index (κ3) is 1.97. The van der Waals surface area contributed by atoms with Crippen LogP contribution in [0.15, 0.2) is 16.1 Å². The third-order valence-electron chi connectivity index (χ3n) is 2.86. The fourth-order valence-electron chi connectivity index (χ4n) is 1.89. The maximum Gasteiger partial charge on any atom is 0.203 e. The normalized spacial score (nSPS) is 27.0. The van der Waals surface area contributed by atoms with Gasteiger partial charge in [0.2, 0.25) is 11.1 Å². The van der Waals surface area contributed by atoms with Crippen LogP contribution in [-0.2, 0) is 15.8 Å². The topological polar surface area (TPSA) is 84.9 Å². The van der Waals surface area contributed by atoms with Gasteiger partial charge in [0.05, 0.1) is 18.9 Å². The maximum absolute atomic E-state index is 10.7. The Bertz CT molecular complexity index is 347. The fraction of sp³-hybridized carbons (Fsp3) is 0.667. The molecule has 1 heterocycles. The molecule has 0 bridgehead atoms. The number of hydrogen-bond acceptors (Lipinski definition) is 4. The van der Waals surface area contributed by atoms with Crippen molar-refractivity contribution in [1.29, 1.82) is 0 Å². The predicted octanol–water partition coefficient (Wildman–Crippen LogP) is 0.402. The van der Waals surface area contributed by atoms with E-state index in [1.807, 2.05) is 0 Å². The van der Waals surface area contributed by atoms with Crippen molar-refractivity contribution in [2.75, 3.05) is 13.2 Å². The first kappa shape index (κ1) is 10.8. The van der Waals surface area contributed by atoms with Gasteiger partial charge in [0.25, 0.3) is 0 Å². The van der Waals surface area contributed by atoms with Crippen LogP contribution in [0.2, 0.25) is 0 Å². The Morgan fingerprint density at radius 3 is 2.93 bits per heavy atom. The maximum atomic E-state index is 10.7. The van der Waals surface area contributed by atoms with Crippen molar-refractivity contribution in [3.63, 3.8) is 0 Å². The monoisotopic (exact) mass is 230 g/mol. The van der Waals surface area contributed by atoms with Gasteiger partial charge in [-0.2, -0.15) is 0 Å². The average Bonchev–Trinajstić information content (AvgIpc) is 2.16. The van der Waals surface area contributed by atoms with Crippen LogP contribution >= 0.6 is 0 Å². The molecule has 3 N–H and O–H groups in total. The minimum absolute atomic E-state index is 0.0643. The van der Waals surface area contributed by atoms with Crippen molar-refractivity contribution in [3.05, 3.63) is 11.1 Å². The van der Waals surface area contributed by atoms with Crippen molar-refractivity contribution in [1.82, 2.24) is 0 Å². The summed E-state index contributed by atoms with van der Waals surface area (Å²) >= 11 is -2.12. The highest BCUT2D eigenvalue weighted by Crippen LogP contribution is 2.39. The van der Waals surface area contributed by atoms with Gasteiger partial charge in [-0.25, -0.2) is 4.21 Å². The first-order valence-electron chi connectivity index (χ1n) is 4.91. The molecule has 0 aromatic rings. The summed E-state index contributed by atoms with van der Waals surface area (Å²) in [5.74, 6) is 0. The van der Waals surface area contributed by atoms with Crippen LogP contribution in [0, 0.1) is 0 Å². The lowest BCUT2D eigenvalue weighted by atomic mass is 9.75. The Labute approximate surface area is 90.7 Å². The van der Waals surface area contributed by atoms with E-state index in [9.17, 15) is 4.21 Å². The summed E-state index contributed by atoms with van der Waals surface area (Å²) in [6.07, 6.45) is 4.44. The Balaban J connectivity index is 2.23. The molecule has 1 unspecified atom stereocenters. The van der Waals surface area contributed by atoms with Crippen LogP contribution in [0.4, 0.5) is 0 Å². The molecular weight excluding hydrogens is 216 g/mol. The van der Waals surface area contributed by atoms with E-state index in [-0.39, 0.29) is 10.6 Å². The van der Waals surface area contributed by atoms with Gasteiger partial charge in [-0.15, -0.1) is 0 Å². The minimum Gasteiger partial charge on any atom is -0.390 e. The lowest BCUT2D eigenvalue weighted by Crippen LogP contribution is -2.50. The van der Waals surface area contributed by atoms with Crippen LogP contribution in [0.3, 0.4) is 0 Å². The number of rotatable bonds is 2. The fourth-order valence-corrected chi connectivity index (χ4v) is 2.10. The highest BCUT2D eigenvalue weighted by Gasteiger charge is 2.43. The molecule has 84 valence electrons. The second kappa shape index (κ2) is 4.03. The van der Waals surface area contributed by atoms with Gasteiger partial charge >= 0.3 is 0 Å². The van der Waals surface area contributed by atoms with E-state index in [1.54, 1.807) is 0 Å². The van der Waals surface area contributed by atoms with Gasteiger partial charge in [0.1, 0.15) is 10.6 Å². The summed E-state index contributed by atoms with van der Waals surface area (Å²) in [6.45, 7) is 1.22. The van der Waals surface area contributed by atoms with E-state index in [0.29, 0.717) is 13.2 Å². The zero-order chi connectivity index (χ0) is 10.9. The van der Waals surface area contributed by atoms with Gasteiger partial charge in [-0.1, -0.05) is 0 Å². The SMILES string of the molecule is NC(=CC1=NCCOC12CCC2)S(=O)O. The zero-order valence-corrected chi connectivity index (χ0v) is 9.13. The summed E-state index contributed by atoms with van der Waals surface area (Å²) in [7, 11) is 0. The molecule has 2 rings (SSSR count). The largest absolute Gasteiger partial charge is 0.390 e. The number of ether oxygens (including phenoxy) is 1. The molecule has 15 heavy (non-hydrogen) atoms. The lowest BCUT2D eigenvalue weighted by molar-refractivity contribution is -0.0487. The van der Waals surface area contributed by atoms with Gasteiger partial charge in [-0.05, 0) is 25.3 Å². The van der Waals surface area contributed by atoms with Crippen LogP contribution in [-0.4, -0.2) is 33.2 Å². The van der Waals surface area contributed by atoms with E-state index >= 15 is 0 Å². The van der Waals surface area contributed by atoms with Crippen molar-refractivity contribution < 1.29 is 13.5 Å². The van der Waals surface area contributed by atoms with E-state index in [0.717, 1.165) is 25.0 Å². The summed E-state index contributed by atoms with van der Waals surface area (Å²) in [5.41, 5.74) is 5.83. The molecule has 5 nitrogen and oxygen atoms in total. The van der Waals surface area contributed by atoms with Crippen LogP contribution in [0.5, 0.6) is 0 Å². The quantitative estimate of drug-likeness (QED) is 0.672. The molecule has 0 aromatic carbocycles. The molecule has 0 saturated heterocycles. The first-order valence-corrected chi connectivity index (χ1v) is 6.02. The number of hydrogen-bond donors (Lipinski definition) is 2. The van der Waals surface area contributed by atoms with E-state index in [2.05, 4.69) is 4.99 Å². The third-order valence-corrected chi connectivity index (χ3v) is 3.38. The Morgan fingerprint density at radius 2 is 2.40 bits per heavy atom. The average molecular weight is 230 g/mol. The molecule has 1 spiro atoms. The Kier molecular flexibility index (Phi) is 2.90. The molecule has 1 fully saturated rings. The summed E-state index contributed by atoms with van der Waals surface area (Å²) in [5, 5.41) is -0.0643. The van der Waals surface area contributed by atoms with Crippen molar-refractivity contribution in [2.45, 2.75) is 24.9 Å². The molecule has 0 amide bonds. The first-order chi connectivity index (χ1) is 7.14. The van der Waals surface area contributed by atoms with Crippen molar-refractivity contribution in [2.24, 2.45) is 10.7 Å². The zero-order valence-electron chi connectivity index (χ0n) is 8.31. The predicted molar refractivity (Wildman–Crippen MR) is 57.9 cm³/mol. The standard InChI is InChI=1S/C9H14N2O3S/c10-8(15(12)13)6-7-9(2-1-3-9)14-5-4-11-7/h6H,1-5,10H2,(H,12,13). The molecule has 1 aliphatic heterocycles. The van der Waals surface area contributed by atoms with E-state index in [4.69, 9.17) is 15.0 Å². The second-order valence-electron chi connectivity index (χ2n) is 3.76. The molecule has 1 aliphatic carbocycles. The molecule has 1 atom stereocenters. The van der Waals surface area contributed by atoms with Gasteiger partial charge < -0.3 is 15.0 Å².